The molecule has 0 spiro atoms. The number of nitrogens with one attached hydrogen (secondary N) is 1. The second-order valence-corrected chi connectivity index (χ2v) is 5.46. The molecule has 2 rings (SSSR count). The minimum Gasteiger partial charge on any atom is -0.392 e. The molecule has 1 saturated heterocycles. The Hall–Kier alpha value is -0.680. The van der Waals surface area contributed by atoms with E-state index in [-0.39, 0.29) is 11.9 Å². The van der Waals surface area contributed by atoms with Crippen molar-refractivity contribution in [2.75, 3.05) is 20.1 Å². The van der Waals surface area contributed by atoms with Crippen molar-refractivity contribution in [2.45, 2.75) is 31.7 Å². The molecule has 3 N–H and O–H groups in total. The summed E-state index contributed by atoms with van der Waals surface area (Å²) in [4.78, 5) is 14.6. The van der Waals surface area contributed by atoms with Gasteiger partial charge in [-0.05, 0) is 39.3 Å². The van der Waals surface area contributed by atoms with Crippen LogP contribution in [0.15, 0.2) is 0 Å². The molecule has 1 amide bonds. The van der Waals surface area contributed by atoms with Gasteiger partial charge in [-0.3, -0.25) is 4.79 Å². The maximum absolute atomic E-state index is 12.0. The van der Waals surface area contributed by atoms with E-state index in [1.807, 2.05) is 0 Å². The van der Waals surface area contributed by atoms with Crippen molar-refractivity contribution in [2.24, 2.45) is 11.1 Å². The van der Waals surface area contributed by atoms with Crippen LogP contribution in [0.4, 0.5) is 0 Å². The highest BCUT2D eigenvalue weighted by atomic mass is 32.1. The fourth-order valence-corrected chi connectivity index (χ4v) is 2.61. The Morgan fingerprint density at radius 3 is 2.75 bits per heavy atom. The number of hydrogen-bond donors (Lipinski definition) is 2. The molecule has 0 aromatic rings. The smallest absolute Gasteiger partial charge is 0.233 e. The largest absolute Gasteiger partial charge is 0.392 e. The summed E-state index contributed by atoms with van der Waals surface area (Å²) in [5.41, 5.74) is 5.12. The molecule has 4 nitrogen and oxygen atoms in total. The van der Waals surface area contributed by atoms with Gasteiger partial charge in [0.05, 0.1) is 10.4 Å². The fraction of sp³-hybridized carbons (Fsp3) is 0.818. The van der Waals surface area contributed by atoms with Gasteiger partial charge in [0.2, 0.25) is 5.91 Å². The van der Waals surface area contributed by atoms with E-state index >= 15 is 0 Å². The first-order chi connectivity index (χ1) is 7.54. The van der Waals surface area contributed by atoms with Gasteiger partial charge in [-0.25, -0.2) is 0 Å². The molecule has 1 aliphatic carbocycles. The molecule has 2 aliphatic rings. The van der Waals surface area contributed by atoms with Crippen LogP contribution in [0.25, 0.3) is 0 Å². The molecular formula is C11H19N3OS. The van der Waals surface area contributed by atoms with E-state index in [0.717, 1.165) is 38.8 Å². The van der Waals surface area contributed by atoms with Crippen LogP contribution in [-0.2, 0) is 4.79 Å². The molecule has 90 valence electrons. The zero-order chi connectivity index (χ0) is 11.8. The van der Waals surface area contributed by atoms with Gasteiger partial charge in [-0.2, -0.15) is 0 Å². The van der Waals surface area contributed by atoms with E-state index in [0.29, 0.717) is 4.99 Å². The lowest BCUT2D eigenvalue weighted by Crippen LogP contribution is -2.50. The lowest BCUT2D eigenvalue weighted by Gasteiger charge is -2.31. The predicted octanol–water partition coefficient (Wildman–Crippen LogP) is 0.263. The Kier molecular flexibility index (Phi) is 3.17. The summed E-state index contributed by atoms with van der Waals surface area (Å²) < 4.78 is 0. The Balaban J connectivity index is 1.90. The number of amides is 1. The van der Waals surface area contributed by atoms with Crippen LogP contribution in [0.3, 0.4) is 0 Å². The molecule has 0 bridgehead atoms. The first kappa shape index (κ1) is 11.8. The van der Waals surface area contributed by atoms with Gasteiger partial charge in [-0.1, -0.05) is 12.2 Å². The first-order valence-electron chi connectivity index (χ1n) is 5.84. The Morgan fingerprint density at radius 2 is 2.25 bits per heavy atom. The van der Waals surface area contributed by atoms with Gasteiger partial charge in [0.1, 0.15) is 0 Å². The van der Waals surface area contributed by atoms with Crippen LogP contribution in [0.5, 0.6) is 0 Å². The van der Waals surface area contributed by atoms with Gasteiger partial charge in [0, 0.05) is 12.6 Å². The molecule has 0 radical (unpaired) electrons. The molecule has 0 aromatic carbocycles. The summed E-state index contributed by atoms with van der Waals surface area (Å²) in [6.07, 6.45) is 3.83. The predicted molar refractivity (Wildman–Crippen MR) is 67.1 cm³/mol. The molecule has 0 aromatic heterocycles. The minimum absolute atomic E-state index is 0.0419. The highest BCUT2D eigenvalue weighted by molar-refractivity contribution is 7.80. The van der Waals surface area contributed by atoms with Crippen molar-refractivity contribution in [1.82, 2.24) is 10.2 Å². The number of nitrogens with zero attached hydrogens (tertiary/aromatic N) is 1. The fourth-order valence-electron chi connectivity index (χ4n) is 2.32. The van der Waals surface area contributed by atoms with E-state index in [9.17, 15) is 4.79 Å². The van der Waals surface area contributed by atoms with Crippen LogP contribution in [0.1, 0.15) is 25.7 Å². The number of piperidine rings is 1. The first-order valence-corrected chi connectivity index (χ1v) is 6.25. The van der Waals surface area contributed by atoms with Crippen molar-refractivity contribution < 1.29 is 4.79 Å². The number of likely N-dealkylation sites (N-methyl/N-ethyl adjacent to an activating group) is 1. The molecule has 5 heteroatoms. The second kappa shape index (κ2) is 4.30. The van der Waals surface area contributed by atoms with Gasteiger partial charge in [0.25, 0.3) is 0 Å². The minimum atomic E-state index is -0.509. The van der Waals surface area contributed by atoms with Crippen LogP contribution < -0.4 is 11.1 Å². The summed E-state index contributed by atoms with van der Waals surface area (Å²) in [6.45, 7) is 2.05. The van der Waals surface area contributed by atoms with Gasteiger partial charge >= 0.3 is 0 Å². The van der Waals surface area contributed by atoms with Crippen LogP contribution in [-0.4, -0.2) is 42.0 Å². The molecular weight excluding hydrogens is 222 g/mol. The summed E-state index contributed by atoms with van der Waals surface area (Å²) in [5, 5.41) is 3.09. The van der Waals surface area contributed by atoms with Gasteiger partial charge in [0.15, 0.2) is 0 Å². The quantitative estimate of drug-likeness (QED) is 0.696. The topological polar surface area (TPSA) is 58.4 Å². The lowest BCUT2D eigenvalue weighted by molar-refractivity contribution is -0.125. The third-order valence-corrected chi connectivity index (χ3v) is 4.01. The third kappa shape index (κ3) is 2.20. The molecule has 1 saturated carbocycles. The van der Waals surface area contributed by atoms with E-state index in [2.05, 4.69) is 17.3 Å². The van der Waals surface area contributed by atoms with E-state index in [1.54, 1.807) is 0 Å². The van der Waals surface area contributed by atoms with Crippen molar-refractivity contribution in [1.29, 1.82) is 0 Å². The number of likely N-dealkylation sites (tertiary alicyclic amines) is 1. The van der Waals surface area contributed by atoms with Crippen molar-refractivity contribution in [3.05, 3.63) is 0 Å². The summed E-state index contributed by atoms with van der Waals surface area (Å²) in [6, 6.07) is 0.262. The van der Waals surface area contributed by atoms with Crippen LogP contribution in [0, 0.1) is 5.41 Å². The third-order valence-electron chi connectivity index (χ3n) is 3.62. The van der Waals surface area contributed by atoms with E-state index < -0.39 is 5.41 Å². The number of thiocarbonyl (C=S) groups is 1. The monoisotopic (exact) mass is 241 g/mol. The molecule has 1 atom stereocenters. The standard InChI is InChI=1S/C11H19N3OS/c1-14-6-2-3-8(7-14)13-10(15)11(4-5-11)9(12)16/h8H,2-7H2,1H3,(H2,12,16)(H,13,15). The number of nitrogens with two attached hydrogens (primary N) is 1. The van der Waals surface area contributed by atoms with Gasteiger partial charge in [-0.15, -0.1) is 0 Å². The van der Waals surface area contributed by atoms with E-state index in [1.165, 1.54) is 0 Å². The van der Waals surface area contributed by atoms with Crippen LogP contribution in [0.2, 0.25) is 0 Å². The summed E-state index contributed by atoms with van der Waals surface area (Å²) >= 11 is 4.97. The van der Waals surface area contributed by atoms with Crippen LogP contribution >= 0.6 is 12.2 Å². The molecule has 1 unspecified atom stereocenters. The van der Waals surface area contributed by atoms with E-state index in [4.69, 9.17) is 18.0 Å². The zero-order valence-electron chi connectivity index (χ0n) is 9.66. The number of carbonyl (C=O) groups excluding carboxylic acids is 1. The maximum Gasteiger partial charge on any atom is 0.233 e. The SMILES string of the molecule is CN1CCCC(NC(=O)C2(C(N)=S)CC2)C1. The highest BCUT2D eigenvalue weighted by Crippen LogP contribution is 2.46. The average Bonchev–Trinajstić information content (AvgIpc) is 2.97. The highest BCUT2D eigenvalue weighted by Gasteiger charge is 2.53. The normalized spacial score (nSPS) is 28.4. The molecule has 16 heavy (non-hydrogen) atoms. The summed E-state index contributed by atoms with van der Waals surface area (Å²) in [7, 11) is 2.08. The number of carbonyl (C=O) groups is 1. The van der Waals surface area contributed by atoms with Crippen molar-refractivity contribution in [3.8, 4) is 0 Å². The molecule has 2 fully saturated rings. The second-order valence-electron chi connectivity index (χ2n) is 5.02. The molecule has 1 heterocycles. The Bertz CT molecular complexity index is 314. The van der Waals surface area contributed by atoms with Gasteiger partial charge < -0.3 is 16.0 Å². The lowest BCUT2D eigenvalue weighted by atomic mass is 10.0. The number of rotatable bonds is 3. The average molecular weight is 241 g/mol. The number of hydrogen-bond acceptors (Lipinski definition) is 3. The molecule has 1 aliphatic heterocycles. The summed E-state index contributed by atoms with van der Waals surface area (Å²) in [5.74, 6) is 0.0419. The van der Waals surface area contributed by atoms with Crippen molar-refractivity contribution >= 4 is 23.1 Å². The zero-order valence-corrected chi connectivity index (χ0v) is 10.5. The maximum atomic E-state index is 12.0. The van der Waals surface area contributed by atoms with Crippen molar-refractivity contribution in [3.63, 3.8) is 0 Å². The Morgan fingerprint density at radius 1 is 1.56 bits per heavy atom. The Labute approximate surface area is 102 Å².